The van der Waals surface area contributed by atoms with Gasteiger partial charge in [0, 0.05) is 5.92 Å². The average molecular weight is 164 g/mol. The molecule has 0 aliphatic rings. The molecule has 12 heavy (non-hydrogen) atoms. The molecule has 0 radical (unpaired) electrons. The summed E-state index contributed by atoms with van der Waals surface area (Å²) in [6, 6.07) is 9.18. The summed E-state index contributed by atoms with van der Waals surface area (Å²) in [7, 11) is 0. The first kappa shape index (κ1) is 8.94. The summed E-state index contributed by atoms with van der Waals surface area (Å²) in [6.45, 7) is 1.70. The van der Waals surface area contributed by atoms with Crippen molar-refractivity contribution in [1.29, 1.82) is 0 Å². The van der Waals surface area contributed by atoms with E-state index in [1.165, 1.54) is 0 Å². The maximum atomic E-state index is 10.4. The maximum Gasteiger partial charge on any atom is 0.125 e. The minimum absolute atomic E-state index is 0.340. The predicted octanol–water partition coefficient (Wildman–Crippen LogP) is 1.55. The normalized spacial score (nSPS) is 15.2. The van der Waals surface area contributed by atoms with Gasteiger partial charge in [0.15, 0.2) is 0 Å². The second-order valence-corrected chi connectivity index (χ2v) is 2.85. The van der Waals surface area contributed by atoms with Crippen LogP contribution in [-0.2, 0) is 4.79 Å². The Hall–Kier alpha value is -1.15. The number of hydrogen-bond donors (Lipinski definition) is 1. The Bertz CT molecular complexity index is 243. The van der Waals surface area contributed by atoms with Gasteiger partial charge in [0.05, 0.1) is 6.10 Å². The molecule has 0 fully saturated rings. The molecule has 1 aromatic carbocycles. The van der Waals surface area contributed by atoms with Gasteiger partial charge < -0.3 is 9.90 Å². The van der Waals surface area contributed by atoms with E-state index in [1.54, 1.807) is 6.92 Å². The van der Waals surface area contributed by atoms with Crippen LogP contribution in [0.5, 0.6) is 0 Å². The van der Waals surface area contributed by atoms with Crippen LogP contribution in [0, 0.1) is 5.92 Å². The Kier molecular flexibility index (Phi) is 3.00. The minimum atomic E-state index is -0.677. The van der Waals surface area contributed by atoms with E-state index in [-0.39, 0.29) is 5.92 Å². The lowest BCUT2D eigenvalue weighted by molar-refractivity contribution is -0.113. The van der Waals surface area contributed by atoms with E-state index in [0.717, 1.165) is 11.8 Å². The molecular formula is C10H12O2. The van der Waals surface area contributed by atoms with Crippen molar-refractivity contribution in [3.8, 4) is 0 Å². The van der Waals surface area contributed by atoms with Crippen LogP contribution in [0.4, 0.5) is 0 Å². The van der Waals surface area contributed by atoms with Crippen LogP contribution < -0.4 is 0 Å². The largest absolute Gasteiger partial charge is 0.388 e. The summed E-state index contributed by atoms with van der Waals surface area (Å²) in [6.07, 6.45) is 0.0844. The molecule has 64 valence electrons. The van der Waals surface area contributed by atoms with E-state index in [9.17, 15) is 9.90 Å². The van der Waals surface area contributed by atoms with E-state index in [2.05, 4.69) is 0 Å². The van der Waals surface area contributed by atoms with E-state index >= 15 is 0 Å². The lowest BCUT2D eigenvalue weighted by Gasteiger charge is -2.12. The van der Waals surface area contributed by atoms with Crippen LogP contribution in [0.3, 0.4) is 0 Å². The lowest BCUT2D eigenvalue weighted by Crippen LogP contribution is -2.09. The number of carbonyl (C=O) groups is 1. The zero-order chi connectivity index (χ0) is 8.97. The number of rotatable bonds is 3. The Morgan fingerprint density at radius 3 is 2.42 bits per heavy atom. The molecule has 1 aromatic rings. The molecule has 1 N–H and O–H groups in total. The van der Waals surface area contributed by atoms with Crippen molar-refractivity contribution in [2.45, 2.75) is 13.0 Å². The van der Waals surface area contributed by atoms with Crippen molar-refractivity contribution < 1.29 is 9.90 Å². The van der Waals surface area contributed by atoms with Crippen molar-refractivity contribution in [3.63, 3.8) is 0 Å². The van der Waals surface area contributed by atoms with Crippen molar-refractivity contribution >= 4 is 6.29 Å². The van der Waals surface area contributed by atoms with Gasteiger partial charge in [-0.2, -0.15) is 0 Å². The Morgan fingerprint density at radius 2 is 1.92 bits per heavy atom. The van der Waals surface area contributed by atoms with Crippen LogP contribution in [0.15, 0.2) is 30.3 Å². The lowest BCUT2D eigenvalue weighted by atomic mass is 9.99. The first-order chi connectivity index (χ1) is 5.75. The number of aliphatic hydroxyl groups is 1. The maximum absolute atomic E-state index is 10.4. The molecule has 0 spiro atoms. The number of aldehydes is 1. The van der Waals surface area contributed by atoms with Gasteiger partial charge in [0.2, 0.25) is 0 Å². The molecule has 2 atom stereocenters. The third kappa shape index (κ3) is 1.92. The molecule has 0 bridgehead atoms. The molecule has 0 saturated heterocycles. The van der Waals surface area contributed by atoms with Crippen LogP contribution >= 0.6 is 0 Å². The minimum Gasteiger partial charge on any atom is -0.388 e. The Balaban J connectivity index is 2.78. The zero-order valence-electron chi connectivity index (χ0n) is 6.97. The van der Waals surface area contributed by atoms with Gasteiger partial charge >= 0.3 is 0 Å². The monoisotopic (exact) mass is 164 g/mol. The number of benzene rings is 1. The van der Waals surface area contributed by atoms with Crippen LogP contribution in [0.1, 0.15) is 18.6 Å². The highest BCUT2D eigenvalue weighted by Crippen LogP contribution is 2.19. The molecule has 0 saturated carbocycles. The highest BCUT2D eigenvalue weighted by Gasteiger charge is 2.14. The van der Waals surface area contributed by atoms with Crippen LogP contribution in [0.25, 0.3) is 0 Å². The zero-order valence-corrected chi connectivity index (χ0v) is 6.97. The Morgan fingerprint density at radius 1 is 1.33 bits per heavy atom. The fourth-order valence-corrected chi connectivity index (χ4v) is 1.03. The van der Waals surface area contributed by atoms with Gasteiger partial charge in [0.25, 0.3) is 0 Å². The average Bonchev–Trinajstić information content (AvgIpc) is 2.17. The summed E-state index contributed by atoms with van der Waals surface area (Å²) in [5, 5.41) is 9.56. The van der Waals surface area contributed by atoms with Crippen LogP contribution in [-0.4, -0.2) is 11.4 Å². The molecule has 2 nitrogen and oxygen atoms in total. The Labute approximate surface area is 71.8 Å². The highest BCUT2D eigenvalue weighted by atomic mass is 16.3. The van der Waals surface area contributed by atoms with Crippen molar-refractivity contribution in [1.82, 2.24) is 0 Å². The van der Waals surface area contributed by atoms with Crippen molar-refractivity contribution in [2.75, 3.05) is 0 Å². The van der Waals surface area contributed by atoms with Gasteiger partial charge in [-0.25, -0.2) is 0 Å². The van der Waals surface area contributed by atoms with E-state index in [4.69, 9.17) is 0 Å². The fraction of sp³-hybridized carbons (Fsp3) is 0.300. The van der Waals surface area contributed by atoms with E-state index in [0.29, 0.717) is 0 Å². The molecule has 0 heterocycles. The third-order valence-electron chi connectivity index (χ3n) is 1.85. The number of aliphatic hydroxyl groups excluding tert-OH is 1. The number of carbonyl (C=O) groups excluding carboxylic acids is 1. The van der Waals surface area contributed by atoms with Gasteiger partial charge in [0.1, 0.15) is 6.29 Å². The molecule has 0 amide bonds. The summed E-state index contributed by atoms with van der Waals surface area (Å²) >= 11 is 0. The molecule has 2 heteroatoms. The topological polar surface area (TPSA) is 37.3 Å². The second-order valence-electron chi connectivity index (χ2n) is 2.85. The highest BCUT2D eigenvalue weighted by molar-refractivity contribution is 5.54. The van der Waals surface area contributed by atoms with Gasteiger partial charge in [-0.1, -0.05) is 37.3 Å². The van der Waals surface area contributed by atoms with Crippen molar-refractivity contribution in [2.24, 2.45) is 5.92 Å². The quantitative estimate of drug-likeness (QED) is 0.688. The molecule has 0 aromatic heterocycles. The third-order valence-corrected chi connectivity index (χ3v) is 1.85. The summed E-state index contributed by atoms with van der Waals surface area (Å²) in [4.78, 5) is 10.4. The van der Waals surface area contributed by atoms with E-state index < -0.39 is 6.10 Å². The first-order valence-electron chi connectivity index (χ1n) is 3.94. The van der Waals surface area contributed by atoms with Gasteiger partial charge in [-0.15, -0.1) is 0 Å². The van der Waals surface area contributed by atoms with Gasteiger partial charge in [-0.05, 0) is 5.56 Å². The summed E-state index contributed by atoms with van der Waals surface area (Å²) < 4.78 is 0. The predicted molar refractivity (Wildman–Crippen MR) is 46.6 cm³/mol. The smallest absolute Gasteiger partial charge is 0.125 e. The molecule has 0 aliphatic carbocycles. The molecule has 0 aliphatic heterocycles. The van der Waals surface area contributed by atoms with Crippen molar-refractivity contribution in [3.05, 3.63) is 35.9 Å². The summed E-state index contributed by atoms with van der Waals surface area (Å²) in [5.74, 6) is -0.340. The SMILES string of the molecule is C[C@H](C=O)C(O)c1ccccc1. The first-order valence-corrected chi connectivity index (χ1v) is 3.94. The summed E-state index contributed by atoms with van der Waals surface area (Å²) in [5.41, 5.74) is 0.789. The van der Waals surface area contributed by atoms with Crippen LogP contribution in [0.2, 0.25) is 0 Å². The molecule has 1 rings (SSSR count). The molecular weight excluding hydrogens is 152 g/mol. The standard InChI is InChI=1S/C10H12O2/c1-8(7-11)10(12)9-5-3-2-4-6-9/h2-8,10,12H,1H3/t8-,10?/m1/s1. The number of hydrogen-bond acceptors (Lipinski definition) is 2. The molecule has 1 unspecified atom stereocenters. The van der Waals surface area contributed by atoms with E-state index in [1.807, 2.05) is 30.3 Å². The fourth-order valence-electron chi connectivity index (χ4n) is 1.03. The van der Waals surface area contributed by atoms with Gasteiger partial charge in [-0.3, -0.25) is 0 Å². The second kappa shape index (κ2) is 4.02.